The largest absolute Gasteiger partial charge is 0.497 e. The molecule has 0 bridgehead atoms. The number of alkyl halides is 3. The van der Waals surface area contributed by atoms with Gasteiger partial charge in [-0.3, -0.25) is 4.79 Å². The molecule has 1 saturated heterocycles. The van der Waals surface area contributed by atoms with Crippen LogP contribution in [0.2, 0.25) is 0 Å². The van der Waals surface area contributed by atoms with Crippen molar-refractivity contribution >= 4 is 17.5 Å². The molecular formula is C22H23F3N2O4. The molecule has 2 aromatic rings. The molecule has 0 saturated carbocycles. The van der Waals surface area contributed by atoms with Gasteiger partial charge >= 0.3 is 12.2 Å². The highest BCUT2D eigenvalue weighted by Crippen LogP contribution is 2.32. The highest BCUT2D eigenvalue weighted by atomic mass is 19.4. The smallest absolute Gasteiger partial charge is 0.416 e. The first kappa shape index (κ1) is 22.5. The zero-order valence-corrected chi connectivity index (χ0v) is 17.2. The summed E-state index contributed by atoms with van der Waals surface area (Å²) in [5.74, 6) is 0.0206. The Labute approximate surface area is 177 Å². The van der Waals surface area contributed by atoms with Crippen LogP contribution in [0.1, 0.15) is 28.8 Å². The quantitative estimate of drug-likeness (QED) is 0.681. The van der Waals surface area contributed by atoms with Crippen molar-refractivity contribution in [2.75, 3.05) is 32.6 Å². The van der Waals surface area contributed by atoms with Crippen molar-refractivity contribution in [1.29, 1.82) is 0 Å². The van der Waals surface area contributed by atoms with E-state index >= 15 is 0 Å². The number of Topliss-reactive ketones (excluding diaryl/α,β-unsaturated/α-hetero) is 1. The van der Waals surface area contributed by atoms with Crippen molar-refractivity contribution in [3.8, 4) is 11.5 Å². The lowest BCUT2D eigenvalue weighted by Gasteiger charge is -2.32. The molecule has 2 amide bonds. The molecular weight excluding hydrogens is 413 g/mol. The second kappa shape index (κ2) is 9.28. The zero-order chi connectivity index (χ0) is 22.6. The summed E-state index contributed by atoms with van der Waals surface area (Å²) in [4.78, 5) is 27.1. The number of hydrogen-bond acceptors (Lipinski definition) is 4. The van der Waals surface area contributed by atoms with Crippen LogP contribution in [0.3, 0.4) is 0 Å². The molecule has 1 aliphatic rings. The van der Waals surface area contributed by atoms with Crippen molar-refractivity contribution in [2.24, 2.45) is 5.92 Å². The average Bonchev–Trinajstić information content (AvgIpc) is 2.78. The Bertz CT molecular complexity index is 962. The minimum atomic E-state index is -4.52. The predicted molar refractivity (Wildman–Crippen MR) is 109 cm³/mol. The van der Waals surface area contributed by atoms with Crippen LogP contribution in [-0.4, -0.2) is 44.0 Å². The van der Waals surface area contributed by atoms with Gasteiger partial charge in [0.05, 0.1) is 25.5 Å². The summed E-state index contributed by atoms with van der Waals surface area (Å²) in [5.41, 5.74) is -0.422. The van der Waals surface area contributed by atoms with E-state index in [-0.39, 0.29) is 12.1 Å². The van der Waals surface area contributed by atoms with Crippen LogP contribution < -0.4 is 14.8 Å². The lowest BCUT2D eigenvalue weighted by Crippen LogP contribution is -2.44. The summed E-state index contributed by atoms with van der Waals surface area (Å²) in [6.45, 7) is 0.566. The molecule has 1 aliphatic heterocycles. The summed E-state index contributed by atoms with van der Waals surface area (Å²) in [7, 11) is 2.98. The van der Waals surface area contributed by atoms with Gasteiger partial charge < -0.3 is 19.7 Å². The molecule has 0 spiro atoms. The lowest BCUT2D eigenvalue weighted by molar-refractivity contribution is -0.137. The van der Waals surface area contributed by atoms with Crippen LogP contribution in [0.15, 0.2) is 42.5 Å². The van der Waals surface area contributed by atoms with Crippen LogP contribution in [0.4, 0.5) is 23.7 Å². The van der Waals surface area contributed by atoms with Gasteiger partial charge in [-0.25, -0.2) is 4.79 Å². The third-order valence-corrected chi connectivity index (χ3v) is 5.20. The summed E-state index contributed by atoms with van der Waals surface area (Å²) >= 11 is 0. The van der Waals surface area contributed by atoms with E-state index in [0.29, 0.717) is 36.6 Å². The number of rotatable bonds is 5. The second-order valence-corrected chi connectivity index (χ2v) is 7.22. The van der Waals surface area contributed by atoms with Gasteiger partial charge in [0.2, 0.25) is 0 Å². The highest BCUT2D eigenvalue weighted by Gasteiger charge is 2.33. The standard InChI is InChI=1S/C22H23F3N2O4/c1-30-17-8-9-18(19(12-17)31-2)26-21(29)27-10-4-6-15(13-27)20(28)14-5-3-7-16(11-14)22(23,24)25/h3,5,7-9,11-12,15H,4,6,10,13H2,1-2H3,(H,26,29)/t15-/m0/s1. The number of nitrogens with one attached hydrogen (secondary N) is 1. The lowest BCUT2D eigenvalue weighted by atomic mass is 9.89. The number of nitrogens with zero attached hydrogens (tertiary/aromatic N) is 1. The topological polar surface area (TPSA) is 67.9 Å². The first-order chi connectivity index (χ1) is 14.7. The molecule has 0 aliphatic carbocycles. The number of carbonyl (C=O) groups excluding carboxylic acids is 2. The Morgan fingerprint density at radius 1 is 1.10 bits per heavy atom. The molecule has 166 valence electrons. The average molecular weight is 436 g/mol. The number of carbonyl (C=O) groups is 2. The Hall–Kier alpha value is -3.23. The highest BCUT2D eigenvalue weighted by molar-refractivity contribution is 5.99. The molecule has 0 unspecified atom stereocenters. The normalized spacial score (nSPS) is 16.5. The van der Waals surface area contributed by atoms with Gasteiger partial charge in [0.1, 0.15) is 11.5 Å². The Morgan fingerprint density at radius 3 is 2.55 bits per heavy atom. The molecule has 1 atom stereocenters. The maximum absolute atomic E-state index is 13.0. The van der Waals surface area contributed by atoms with Crippen LogP contribution in [0.5, 0.6) is 11.5 Å². The van der Waals surface area contributed by atoms with Gasteiger partial charge in [0.15, 0.2) is 5.78 Å². The molecule has 0 aromatic heterocycles. The molecule has 6 nitrogen and oxygen atoms in total. The van der Waals surface area contributed by atoms with Crippen molar-refractivity contribution in [2.45, 2.75) is 19.0 Å². The molecule has 0 radical (unpaired) electrons. The van der Waals surface area contributed by atoms with Crippen molar-refractivity contribution < 1.29 is 32.2 Å². The SMILES string of the molecule is COc1ccc(NC(=O)N2CCC[C@H](C(=O)c3cccc(C(F)(F)F)c3)C2)c(OC)c1. The van der Waals surface area contributed by atoms with Crippen LogP contribution in [0.25, 0.3) is 0 Å². The van der Waals surface area contributed by atoms with Gasteiger partial charge in [-0.05, 0) is 37.1 Å². The number of benzene rings is 2. The number of ketones is 1. The minimum absolute atomic E-state index is 0.00101. The molecule has 1 fully saturated rings. The number of hydrogen-bond donors (Lipinski definition) is 1. The van der Waals surface area contributed by atoms with E-state index < -0.39 is 29.5 Å². The Balaban J connectivity index is 1.70. The minimum Gasteiger partial charge on any atom is -0.497 e. The van der Waals surface area contributed by atoms with E-state index in [9.17, 15) is 22.8 Å². The number of amides is 2. The van der Waals surface area contributed by atoms with E-state index in [4.69, 9.17) is 9.47 Å². The third kappa shape index (κ3) is 5.28. The fraction of sp³-hybridized carbons (Fsp3) is 0.364. The number of halogens is 3. The number of anilines is 1. The fourth-order valence-electron chi connectivity index (χ4n) is 3.56. The number of piperidine rings is 1. The fourth-order valence-corrected chi connectivity index (χ4v) is 3.56. The number of ether oxygens (including phenoxy) is 2. The molecule has 3 rings (SSSR count). The van der Waals surface area contributed by atoms with E-state index in [1.165, 1.54) is 31.3 Å². The Morgan fingerprint density at radius 2 is 1.87 bits per heavy atom. The summed E-state index contributed by atoms with van der Waals surface area (Å²) in [6, 6.07) is 8.93. The number of likely N-dealkylation sites (tertiary alicyclic amines) is 1. The van der Waals surface area contributed by atoms with E-state index in [1.54, 1.807) is 18.2 Å². The molecule has 9 heteroatoms. The van der Waals surface area contributed by atoms with Crippen molar-refractivity contribution in [3.63, 3.8) is 0 Å². The summed E-state index contributed by atoms with van der Waals surface area (Å²) in [5, 5.41) is 2.76. The van der Waals surface area contributed by atoms with Crippen molar-refractivity contribution in [3.05, 3.63) is 53.6 Å². The molecule has 31 heavy (non-hydrogen) atoms. The van der Waals surface area contributed by atoms with Gasteiger partial charge in [0.25, 0.3) is 0 Å². The number of urea groups is 1. The molecule has 1 heterocycles. The van der Waals surface area contributed by atoms with Crippen LogP contribution >= 0.6 is 0 Å². The summed E-state index contributed by atoms with van der Waals surface area (Å²) < 4.78 is 49.3. The Kier molecular flexibility index (Phi) is 6.72. The van der Waals surface area contributed by atoms with Crippen molar-refractivity contribution in [1.82, 2.24) is 4.90 Å². The van der Waals surface area contributed by atoms with Gasteiger partial charge in [0, 0.05) is 30.6 Å². The predicted octanol–water partition coefficient (Wildman–Crippen LogP) is 4.85. The van der Waals surface area contributed by atoms with Gasteiger partial charge in [-0.15, -0.1) is 0 Å². The zero-order valence-electron chi connectivity index (χ0n) is 17.2. The third-order valence-electron chi connectivity index (χ3n) is 5.20. The number of methoxy groups -OCH3 is 2. The maximum atomic E-state index is 13.0. The summed E-state index contributed by atoms with van der Waals surface area (Å²) in [6.07, 6.45) is -3.44. The van der Waals surface area contributed by atoms with Gasteiger partial charge in [-0.2, -0.15) is 13.2 Å². The first-order valence-electron chi connectivity index (χ1n) is 9.72. The second-order valence-electron chi connectivity index (χ2n) is 7.22. The van der Waals surface area contributed by atoms with Crippen LogP contribution in [0, 0.1) is 5.92 Å². The van der Waals surface area contributed by atoms with E-state index in [2.05, 4.69) is 5.32 Å². The monoisotopic (exact) mass is 436 g/mol. The first-order valence-corrected chi connectivity index (χ1v) is 9.72. The van der Waals surface area contributed by atoms with Gasteiger partial charge in [-0.1, -0.05) is 12.1 Å². The molecule has 2 aromatic carbocycles. The molecule has 1 N–H and O–H groups in total. The van der Waals surface area contributed by atoms with E-state index in [1.807, 2.05) is 0 Å². The maximum Gasteiger partial charge on any atom is 0.416 e. The van der Waals surface area contributed by atoms with E-state index in [0.717, 1.165) is 12.1 Å². The van der Waals surface area contributed by atoms with Crippen LogP contribution in [-0.2, 0) is 6.18 Å².